The standard InChI is InChI=1S/C14H24N2O2/c15-14(13(17)18)6-1-2-11(14)5-7-16-9-10-3-4-12(16)8-10/h10-12H,1-9,15H2,(H,17,18). The van der Waals surface area contributed by atoms with Crippen LogP contribution in [0.2, 0.25) is 0 Å². The van der Waals surface area contributed by atoms with Crippen molar-refractivity contribution in [3.05, 3.63) is 0 Å². The van der Waals surface area contributed by atoms with E-state index in [4.69, 9.17) is 5.73 Å². The van der Waals surface area contributed by atoms with E-state index in [-0.39, 0.29) is 5.92 Å². The van der Waals surface area contributed by atoms with Gasteiger partial charge in [-0.2, -0.15) is 0 Å². The van der Waals surface area contributed by atoms with Crippen LogP contribution in [-0.2, 0) is 4.79 Å². The normalized spacial score (nSPS) is 43.7. The number of carboxylic acid groups (broad SMARTS) is 1. The first-order valence-corrected chi connectivity index (χ1v) is 7.36. The zero-order chi connectivity index (χ0) is 12.8. The van der Waals surface area contributed by atoms with Crippen molar-refractivity contribution >= 4 is 5.97 Å². The maximum atomic E-state index is 11.3. The molecule has 3 aliphatic rings. The van der Waals surface area contributed by atoms with Gasteiger partial charge in [-0.3, -0.25) is 4.79 Å². The Morgan fingerprint density at radius 3 is 2.83 bits per heavy atom. The smallest absolute Gasteiger partial charge is 0.323 e. The third kappa shape index (κ3) is 1.95. The summed E-state index contributed by atoms with van der Waals surface area (Å²) in [5.74, 6) is 0.294. The number of hydrogen-bond donors (Lipinski definition) is 2. The van der Waals surface area contributed by atoms with Gasteiger partial charge in [0.1, 0.15) is 5.54 Å². The summed E-state index contributed by atoms with van der Waals surface area (Å²) in [5, 5.41) is 9.30. The van der Waals surface area contributed by atoms with Crippen LogP contribution in [0, 0.1) is 11.8 Å². The van der Waals surface area contributed by atoms with Crippen LogP contribution in [0.25, 0.3) is 0 Å². The average molecular weight is 252 g/mol. The zero-order valence-corrected chi connectivity index (χ0v) is 11.0. The van der Waals surface area contributed by atoms with Crippen LogP contribution >= 0.6 is 0 Å². The maximum absolute atomic E-state index is 11.3. The fourth-order valence-corrected chi connectivity index (χ4v) is 4.41. The number of aliphatic carboxylic acids is 1. The number of rotatable bonds is 4. The summed E-state index contributed by atoms with van der Waals surface area (Å²) in [5.41, 5.74) is 5.14. The highest BCUT2D eigenvalue weighted by molar-refractivity contribution is 5.79. The number of fused-ring (bicyclic) bond motifs is 2. The number of likely N-dealkylation sites (tertiary alicyclic amines) is 1. The van der Waals surface area contributed by atoms with Crippen LogP contribution in [-0.4, -0.2) is 40.6 Å². The molecule has 1 aliphatic heterocycles. The maximum Gasteiger partial charge on any atom is 0.323 e. The molecule has 0 radical (unpaired) electrons. The lowest BCUT2D eigenvalue weighted by Crippen LogP contribution is -2.51. The highest BCUT2D eigenvalue weighted by Crippen LogP contribution is 2.40. The van der Waals surface area contributed by atoms with E-state index in [0.29, 0.717) is 6.42 Å². The van der Waals surface area contributed by atoms with Gasteiger partial charge in [0.15, 0.2) is 0 Å². The van der Waals surface area contributed by atoms with Gasteiger partial charge in [-0.05, 0) is 56.9 Å². The third-order valence-electron chi connectivity index (χ3n) is 5.56. The summed E-state index contributed by atoms with van der Waals surface area (Å²) in [6.45, 7) is 2.29. The second-order valence-electron chi connectivity index (χ2n) is 6.55. The van der Waals surface area contributed by atoms with Gasteiger partial charge in [-0.25, -0.2) is 0 Å². The van der Waals surface area contributed by atoms with Crippen LogP contribution in [0.3, 0.4) is 0 Å². The van der Waals surface area contributed by atoms with Crippen molar-refractivity contribution in [3.8, 4) is 0 Å². The summed E-state index contributed by atoms with van der Waals surface area (Å²) >= 11 is 0. The fraction of sp³-hybridized carbons (Fsp3) is 0.929. The van der Waals surface area contributed by atoms with Crippen molar-refractivity contribution < 1.29 is 9.90 Å². The van der Waals surface area contributed by atoms with E-state index in [2.05, 4.69) is 4.90 Å². The molecule has 18 heavy (non-hydrogen) atoms. The van der Waals surface area contributed by atoms with Gasteiger partial charge < -0.3 is 15.7 Å². The summed E-state index contributed by atoms with van der Waals surface area (Å²) < 4.78 is 0. The molecule has 4 heteroatoms. The highest BCUT2D eigenvalue weighted by Gasteiger charge is 2.46. The number of hydrogen-bond acceptors (Lipinski definition) is 3. The predicted octanol–water partition coefficient (Wildman–Crippen LogP) is 1.44. The molecular weight excluding hydrogens is 228 g/mol. The van der Waals surface area contributed by atoms with Crippen LogP contribution in [0.4, 0.5) is 0 Å². The monoisotopic (exact) mass is 252 g/mol. The quantitative estimate of drug-likeness (QED) is 0.794. The van der Waals surface area contributed by atoms with Crippen molar-refractivity contribution in [2.75, 3.05) is 13.1 Å². The first-order valence-electron chi connectivity index (χ1n) is 7.36. The molecule has 0 aromatic carbocycles. The minimum atomic E-state index is -0.946. The fourth-order valence-electron chi connectivity index (χ4n) is 4.41. The van der Waals surface area contributed by atoms with Crippen molar-refractivity contribution in [1.29, 1.82) is 0 Å². The third-order valence-corrected chi connectivity index (χ3v) is 5.56. The van der Waals surface area contributed by atoms with Gasteiger partial charge in [0, 0.05) is 12.6 Å². The van der Waals surface area contributed by atoms with Gasteiger partial charge in [-0.15, -0.1) is 0 Å². The van der Waals surface area contributed by atoms with E-state index in [1.165, 1.54) is 25.8 Å². The van der Waals surface area contributed by atoms with Gasteiger partial charge in [0.25, 0.3) is 0 Å². The molecule has 0 amide bonds. The molecule has 4 atom stereocenters. The van der Waals surface area contributed by atoms with E-state index < -0.39 is 11.5 Å². The van der Waals surface area contributed by atoms with E-state index in [1.54, 1.807) is 0 Å². The Hall–Kier alpha value is -0.610. The van der Waals surface area contributed by atoms with Crippen LogP contribution in [0.1, 0.15) is 44.9 Å². The molecule has 102 valence electrons. The van der Waals surface area contributed by atoms with E-state index in [0.717, 1.165) is 37.8 Å². The van der Waals surface area contributed by atoms with Gasteiger partial charge in [0.05, 0.1) is 0 Å². The number of carbonyl (C=O) groups is 1. The van der Waals surface area contributed by atoms with Crippen LogP contribution in [0.15, 0.2) is 0 Å². The number of nitrogens with zero attached hydrogens (tertiary/aromatic N) is 1. The largest absolute Gasteiger partial charge is 0.480 e. The Bertz CT molecular complexity index is 347. The summed E-state index contributed by atoms with van der Waals surface area (Å²) in [6.07, 6.45) is 7.70. The second-order valence-corrected chi connectivity index (χ2v) is 6.55. The highest BCUT2D eigenvalue weighted by atomic mass is 16.4. The number of nitrogens with two attached hydrogens (primary N) is 1. The van der Waals surface area contributed by atoms with Crippen molar-refractivity contribution in [2.45, 2.75) is 56.5 Å². The molecule has 4 nitrogen and oxygen atoms in total. The molecular formula is C14H24N2O2. The lowest BCUT2D eigenvalue weighted by atomic mass is 9.85. The Labute approximate surface area is 109 Å². The minimum Gasteiger partial charge on any atom is -0.480 e. The summed E-state index contributed by atoms with van der Waals surface area (Å²) in [7, 11) is 0. The Balaban J connectivity index is 1.55. The molecule has 3 fully saturated rings. The first kappa shape index (κ1) is 12.4. The topological polar surface area (TPSA) is 66.6 Å². The van der Waals surface area contributed by atoms with Crippen molar-refractivity contribution in [1.82, 2.24) is 4.90 Å². The lowest BCUT2D eigenvalue weighted by Gasteiger charge is -2.31. The molecule has 2 aliphatic carbocycles. The van der Waals surface area contributed by atoms with Crippen molar-refractivity contribution in [2.24, 2.45) is 17.6 Å². The van der Waals surface area contributed by atoms with E-state index in [9.17, 15) is 9.90 Å². The second kappa shape index (κ2) is 4.49. The predicted molar refractivity (Wildman–Crippen MR) is 69.2 cm³/mol. The molecule has 2 saturated carbocycles. The zero-order valence-electron chi connectivity index (χ0n) is 11.0. The van der Waals surface area contributed by atoms with Gasteiger partial charge in [0.2, 0.25) is 0 Å². The Morgan fingerprint density at radius 1 is 1.39 bits per heavy atom. The summed E-state index contributed by atoms with van der Waals surface area (Å²) in [4.78, 5) is 13.9. The molecule has 0 aromatic rings. The van der Waals surface area contributed by atoms with Gasteiger partial charge in [-0.1, -0.05) is 6.42 Å². The minimum absolute atomic E-state index is 0.175. The number of carboxylic acids is 1. The SMILES string of the molecule is NC1(C(=O)O)CCCC1CCN1CC2CCC1C2. The molecule has 2 bridgehead atoms. The molecule has 0 spiro atoms. The van der Waals surface area contributed by atoms with Crippen molar-refractivity contribution in [3.63, 3.8) is 0 Å². The molecule has 0 aromatic heterocycles. The van der Waals surface area contributed by atoms with Crippen LogP contribution in [0.5, 0.6) is 0 Å². The first-order chi connectivity index (χ1) is 8.59. The molecule has 1 saturated heterocycles. The Morgan fingerprint density at radius 2 is 2.22 bits per heavy atom. The Kier molecular flexibility index (Phi) is 3.10. The summed E-state index contributed by atoms with van der Waals surface area (Å²) in [6, 6.07) is 0.786. The van der Waals surface area contributed by atoms with Crippen LogP contribution < -0.4 is 5.73 Å². The van der Waals surface area contributed by atoms with Gasteiger partial charge >= 0.3 is 5.97 Å². The molecule has 1 heterocycles. The van der Waals surface area contributed by atoms with E-state index in [1.807, 2.05) is 0 Å². The lowest BCUT2D eigenvalue weighted by molar-refractivity contribution is -0.144. The average Bonchev–Trinajstić information content (AvgIpc) is 3.01. The molecule has 4 unspecified atom stereocenters. The number of piperidine rings is 1. The van der Waals surface area contributed by atoms with E-state index >= 15 is 0 Å². The molecule has 3 N–H and O–H groups in total. The molecule has 3 rings (SSSR count).